The van der Waals surface area contributed by atoms with E-state index in [4.69, 9.17) is 10.1 Å². The van der Waals surface area contributed by atoms with Crippen molar-refractivity contribution in [3.63, 3.8) is 0 Å². The summed E-state index contributed by atoms with van der Waals surface area (Å²) in [7, 11) is 0. The third-order valence-corrected chi connectivity index (χ3v) is 7.16. The molecule has 2 aromatic heterocycles. The number of nitrogens with one attached hydrogen (secondary N) is 4. The lowest BCUT2D eigenvalue weighted by molar-refractivity contribution is 0.0660. The second kappa shape index (κ2) is 12.0. The van der Waals surface area contributed by atoms with E-state index in [1.807, 2.05) is 0 Å². The molecule has 2 amide bonds. The minimum Gasteiger partial charge on any atom is -0.616 e. The summed E-state index contributed by atoms with van der Waals surface area (Å²) in [6, 6.07) is 5.04. The lowest BCUT2D eigenvalue weighted by Gasteiger charge is -2.22. The first-order chi connectivity index (χ1) is 17.0. The zero-order chi connectivity index (χ0) is 24.6. The van der Waals surface area contributed by atoms with Crippen LogP contribution in [0.4, 0.5) is 5.69 Å². The summed E-state index contributed by atoms with van der Waals surface area (Å²) < 4.78 is 19.4. The highest BCUT2D eigenvalue weighted by Gasteiger charge is 2.24. The highest BCUT2D eigenvalue weighted by atomic mass is 32.2. The van der Waals surface area contributed by atoms with E-state index in [2.05, 4.69) is 26.0 Å². The van der Waals surface area contributed by atoms with Crippen LogP contribution in [0.15, 0.2) is 30.6 Å². The summed E-state index contributed by atoms with van der Waals surface area (Å²) >= 11 is -1.09. The molecule has 35 heavy (non-hydrogen) atoms. The molecule has 1 fully saturated rings. The van der Waals surface area contributed by atoms with E-state index in [-0.39, 0.29) is 29.7 Å². The highest BCUT2D eigenvalue weighted by Crippen LogP contribution is 2.24. The third kappa shape index (κ3) is 6.47. The lowest BCUT2D eigenvalue weighted by atomic mass is 10.1. The van der Waals surface area contributed by atoms with Crippen LogP contribution < -0.4 is 16.0 Å². The number of amides is 2. The lowest BCUT2D eigenvalue weighted by Crippen LogP contribution is -2.31. The number of pyridine rings is 1. The van der Waals surface area contributed by atoms with E-state index >= 15 is 0 Å². The summed E-state index contributed by atoms with van der Waals surface area (Å²) in [5.41, 5.74) is 1.49. The fraction of sp³-hybridized carbons (Fsp3) is 0.435. The summed E-state index contributed by atoms with van der Waals surface area (Å²) in [5.74, 6) is -0.123. The van der Waals surface area contributed by atoms with Crippen molar-refractivity contribution in [3.8, 4) is 0 Å². The van der Waals surface area contributed by atoms with Crippen LogP contribution in [0.1, 0.15) is 52.0 Å². The quantitative estimate of drug-likeness (QED) is 0.359. The number of allylic oxidation sites excluding steroid dienone is 1. The average Bonchev–Trinajstić information content (AvgIpc) is 3.30. The average molecular weight is 500 g/mol. The second-order valence-electron chi connectivity index (χ2n) is 8.23. The Morgan fingerprint density at radius 2 is 1.94 bits per heavy atom. The smallest absolute Gasteiger partial charge is 0.274 e. The molecule has 0 radical (unpaired) electrons. The molecule has 12 heteroatoms. The molecule has 2 aliphatic rings. The van der Waals surface area contributed by atoms with Gasteiger partial charge in [-0.15, -0.1) is 0 Å². The van der Waals surface area contributed by atoms with Gasteiger partial charge in [0.1, 0.15) is 17.2 Å². The summed E-state index contributed by atoms with van der Waals surface area (Å²) in [6.45, 7) is 2.02. The molecule has 2 aromatic rings. The zero-order valence-electron chi connectivity index (χ0n) is 19.3. The normalized spacial score (nSPS) is 22.3. The number of ether oxygens (including phenoxy) is 1. The molecular formula is C23H29N7O4S. The maximum Gasteiger partial charge on any atom is 0.274 e. The van der Waals surface area contributed by atoms with Gasteiger partial charge >= 0.3 is 0 Å². The molecule has 4 heterocycles. The number of hydrogen-bond acceptors (Lipinski definition) is 8. The highest BCUT2D eigenvalue weighted by molar-refractivity contribution is 7.91. The van der Waals surface area contributed by atoms with Gasteiger partial charge < -0.3 is 30.6 Å². The molecule has 1 unspecified atom stereocenters. The van der Waals surface area contributed by atoms with Gasteiger partial charge in [0, 0.05) is 50.4 Å². The molecular weight excluding hydrogens is 470 g/mol. The molecule has 1 atom stereocenters. The van der Waals surface area contributed by atoms with E-state index in [1.54, 1.807) is 35.3 Å². The number of aromatic nitrogens is 3. The predicted molar refractivity (Wildman–Crippen MR) is 133 cm³/mol. The monoisotopic (exact) mass is 499 g/mol. The molecule has 4 N–H and O–H groups in total. The van der Waals surface area contributed by atoms with Gasteiger partial charge in [-0.3, -0.25) is 14.3 Å². The van der Waals surface area contributed by atoms with Gasteiger partial charge in [-0.1, -0.05) is 17.2 Å². The van der Waals surface area contributed by atoms with E-state index < -0.39 is 23.0 Å². The first-order valence-corrected chi connectivity index (χ1v) is 13.1. The molecule has 2 aliphatic heterocycles. The SMILES string of the molecule is N=C/C1=C\NCCC[S+]([O-])CCNC(=O)c2nn(C3CCOCC3)cc2NC(=O)c2cccc1n2. The largest absolute Gasteiger partial charge is 0.616 e. The number of carbonyl (C=O) groups is 2. The van der Waals surface area contributed by atoms with Gasteiger partial charge in [-0.05, 0) is 25.0 Å². The number of nitrogens with zero attached hydrogens (tertiary/aromatic N) is 3. The Morgan fingerprint density at radius 1 is 1.14 bits per heavy atom. The van der Waals surface area contributed by atoms with Crippen molar-refractivity contribution in [1.29, 1.82) is 5.41 Å². The van der Waals surface area contributed by atoms with Crippen LogP contribution in [0.3, 0.4) is 0 Å². The molecule has 4 rings (SSSR count). The fourth-order valence-corrected chi connectivity index (χ4v) is 4.87. The molecule has 2 bridgehead atoms. The number of rotatable bonds is 2. The van der Waals surface area contributed by atoms with E-state index in [9.17, 15) is 14.1 Å². The van der Waals surface area contributed by atoms with Crippen LogP contribution in [-0.4, -0.2) is 75.2 Å². The van der Waals surface area contributed by atoms with Gasteiger partial charge in [0.05, 0.1) is 24.0 Å². The minimum atomic E-state index is -1.09. The third-order valence-electron chi connectivity index (χ3n) is 5.76. The Morgan fingerprint density at radius 3 is 2.74 bits per heavy atom. The van der Waals surface area contributed by atoms with E-state index in [0.29, 0.717) is 49.0 Å². The Labute approximate surface area is 206 Å². The molecule has 0 aliphatic carbocycles. The molecule has 0 spiro atoms. The molecule has 186 valence electrons. The Balaban J connectivity index is 1.65. The van der Waals surface area contributed by atoms with Gasteiger partial charge in [-0.2, -0.15) is 5.10 Å². The van der Waals surface area contributed by atoms with E-state index in [0.717, 1.165) is 19.1 Å². The summed E-state index contributed by atoms with van der Waals surface area (Å²) in [6.07, 6.45) is 6.66. The first-order valence-electron chi connectivity index (χ1n) is 11.6. The van der Waals surface area contributed by atoms with Crippen LogP contribution in [0.2, 0.25) is 0 Å². The molecule has 1 saturated heterocycles. The van der Waals surface area contributed by atoms with Gasteiger partial charge in [0.15, 0.2) is 5.69 Å². The predicted octanol–water partition coefficient (Wildman–Crippen LogP) is 1.34. The second-order valence-corrected chi connectivity index (χ2v) is 9.93. The zero-order valence-corrected chi connectivity index (χ0v) is 20.1. The number of anilines is 1. The maximum atomic E-state index is 13.1. The number of carbonyl (C=O) groups excluding carboxylic acids is 2. The van der Waals surface area contributed by atoms with Crippen molar-refractivity contribution >= 4 is 40.5 Å². The maximum absolute atomic E-state index is 13.1. The molecule has 0 saturated carbocycles. The molecule has 0 aromatic carbocycles. The summed E-state index contributed by atoms with van der Waals surface area (Å²) in [5, 5.41) is 20.9. The van der Waals surface area contributed by atoms with Gasteiger partial charge in [-0.25, -0.2) is 4.98 Å². The van der Waals surface area contributed by atoms with Crippen LogP contribution in [0.5, 0.6) is 0 Å². The van der Waals surface area contributed by atoms with E-state index in [1.165, 1.54) is 0 Å². The van der Waals surface area contributed by atoms with Crippen molar-refractivity contribution in [1.82, 2.24) is 25.4 Å². The van der Waals surface area contributed by atoms with Crippen molar-refractivity contribution in [2.75, 3.05) is 43.1 Å². The Hall–Kier alpha value is -3.22. The topological polar surface area (TPSA) is 157 Å². The first kappa shape index (κ1) is 24.9. The standard InChI is InChI=1S/C23H29N7O4S/c24-13-16-14-25-7-2-11-35(33)12-8-26-23(32)21-20(15-30(29-21)17-5-9-34-10-6-17)28-22(31)19-4-1-3-18(16)27-19/h1,3-4,13-15,17,24-25H,2,5-12H2,(H,26,32)(H,28,31)/b16-14+,24-13?. The summed E-state index contributed by atoms with van der Waals surface area (Å²) in [4.78, 5) is 30.4. The number of fused-ring (bicyclic) bond motifs is 3. The van der Waals surface area contributed by atoms with Gasteiger partial charge in [0.25, 0.3) is 11.8 Å². The minimum absolute atomic E-state index is 0.0595. The Kier molecular flexibility index (Phi) is 8.50. The van der Waals surface area contributed by atoms with Crippen molar-refractivity contribution < 1.29 is 18.9 Å². The van der Waals surface area contributed by atoms with Gasteiger partial charge in [0.2, 0.25) is 0 Å². The number of hydrogen-bond donors (Lipinski definition) is 4. The van der Waals surface area contributed by atoms with Crippen molar-refractivity contribution in [2.24, 2.45) is 0 Å². The molecule has 11 nitrogen and oxygen atoms in total. The Bertz CT molecular complexity index is 1100. The van der Waals surface area contributed by atoms with Crippen molar-refractivity contribution in [2.45, 2.75) is 25.3 Å². The van der Waals surface area contributed by atoms with Crippen LogP contribution in [0.25, 0.3) is 5.57 Å². The fourth-order valence-electron chi connectivity index (χ4n) is 3.87. The van der Waals surface area contributed by atoms with Crippen LogP contribution in [-0.2, 0) is 15.9 Å². The van der Waals surface area contributed by atoms with Crippen LogP contribution in [0, 0.1) is 5.41 Å². The van der Waals surface area contributed by atoms with Crippen LogP contribution >= 0.6 is 0 Å². The van der Waals surface area contributed by atoms with Crippen molar-refractivity contribution in [3.05, 3.63) is 47.7 Å².